The van der Waals surface area contributed by atoms with E-state index in [4.69, 9.17) is 5.26 Å². The summed E-state index contributed by atoms with van der Waals surface area (Å²) >= 11 is 0. The van der Waals surface area contributed by atoms with Gasteiger partial charge in [0.15, 0.2) is 0 Å². The molecule has 0 aliphatic heterocycles. The van der Waals surface area contributed by atoms with E-state index in [9.17, 15) is 0 Å². The summed E-state index contributed by atoms with van der Waals surface area (Å²) in [5.41, 5.74) is 2.93. The van der Waals surface area contributed by atoms with Crippen molar-refractivity contribution in [3.8, 4) is 6.07 Å². The van der Waals surface area contributed by atoms with Gasteiger partial charge in [-0.1, -0.05) is 6.07 Å². The third kappa shape index (κ3) is 1.81. The Balaban J connectivity index is 2.29. The normalized spacial score (nSPS) is 15.1. The zero-order valence-corrected chi connectivity index (χ0v) is 7.67. The van der Waals surface area contributed by atoms with Crippen molar-refractivity contribution in [1.82, 2.24) is 0 Å². The highest BCUT2D eigenvalue weighted by atomic mass is 15.0. The Kier molecular flexibility index (Phi) is 1.94. The lowest BCUT2D eigenvalue weighted by molar-refractivity contribution is 1.15. The van der Waals surface area contributed by atoms with Crippen LogP contribution in [-0.2, 0) is 0 Å². The summed E-state index contributed by atoms with van der Waals surface area (Å²) in [7, 11) is 0. The minimum absolute atomic E-state index is 0.605. The number of hydrogen-bond donors (Lipinski definition) is 1. The van der Waals surface area contributed by atoms with Crippen LogP contribution in [0, 0.1) is 18.3 Å². The van der Waals surface area contributed by atoms with Crippen LogP contribution in [0.15, 0.2) is 18.2 Å². The maximum absolute atomic E-state index is 8.85. The van der Waals surface area contributed by atoms with Crippen LogP contribution in [0.2, 0.25) is 0 Å². The zero-order chi connectivity index (χ0) is 9.26. The first-order valence-electron chi connectivity index (χ1n) is 4.57. The smallest absolute Gasteiger partial charge is 0.101 e. The van der Waals surface area contributed by atoms with Crippen molar-refractivity contribution in [3.05, 3.63) is 29.3 Å². The maximum Gasteiger partial charge on any atom is 0.101 e. The topological polar surface area (TPSA) is 35.8 Å². The van der Waals surface area contributed by atoms with Gasteiger partial charge in [0.25, 0.3) is 0 Å². The summed E-state index contributed by atoms with van der Waals surface area (Å²) in [5, 5.41) is 12.2. The number of nitrogens with one attached hydrogen (secondary N) is 1. The summed E-state index contributed by atoms with van der Waals surface area (Å²) < 4.78 is 0. The van der Waals surface area contributed by atoms with Gasteiger partial charge in [0.2, 0.25) is 0 Å². The number of anilines is 1. The zero-order valence-electron chi connectivity index (χ0n) is 7.67. The quantitative estimate of drug-likeness (QED) is 0.743. The number of nitrogens with zero attached hydrogens (tertiary/aromatic N) is 1. The van der Waals surface area contributed by atoms with E-state index in [1.165, 1.54) is 18.4 Å². The molecule has 2 nitrogen and oxygen atoms in total. The van der Waals surface area contributed by atoms with Gasteiger partial charge in [0, 0.05) is 6.04 Å². The highest BCUT2D eigenvalue weighted by Crippen LogP contribution is 2.27. The van der Waals surface area contributed by atoms with Gasteiger partial charge < -0.3 is 5.32 Å². The lowest BCUT2D eigenvalue weighted by Crippen LogP contribution is -2.02. The Labute approximate surface area is 78.2 Å². The number of aryl methyl sites for hydroxylation is 1. The summed E-state index contributed by atoms with van der Waals surface area (Å²) in [4.78, 5) is 0. The molecule has 66 valence electrons. The Morgan fingerprint density at radius 2 is 2.23 bits per heavy atom. The molecule has 0 saturated heterocycles. The molecule has 1 aliphatic rings. The van der Waals surface area contributed by atoms with Crippen molar-refractivity contribution in [3.63, 3.8) is 0 Å². The van der Waals surface area contributed by atoms with Crippen LogP contribution < -0.4 is 5.32 Å². The Morgan fingerprint density at radius 3 is 2.85 bits per heavy atom. The van der Waals surface area contributed by atoms with Gasteiger partial charge in [0.1, 0.15) is 6.07 Å². The largest absolute Gasteiger partial charge is 0.381 e. The van der Waals surface area contributed by atoms with Crippen molar-refractivity contribution in [2.45, 2.75) is 25.8 Å². The molecule has 0 unspecified atom stereocenters. The van der Waals surface area contributed by atoms with Crippen LogP contribution in [0.3, 0.4) is 0 Å². The van der Waals surface area contributed by atoms with Gasteiger partial charge in [-0.3, -0.25) is 0 Å². The molecule has 1 aromatic carbocycles. The first-order valence-corrected chi connectivity index (χ1v) is 4.57. The Hall–Kier alpha value is -1.49. The molecule has 0 aromatic heterocycles. The predicted octanol–water partition coefficient (Wildman–Crippen LogP) is 2.44. The van der Waals surface area contributed by atoms with E-state index >= 15 is 0 Å². The SMILES string of the molecule is Cc1ccc(C#N)c(NC2CC2)c1. The van der Waals surface area contributed by atoms with Gasteiger partial charge in [-0.15, -0.1) is 0 Å². The molecule has 2 rings (SSSR count). The van der Waals surface area contributed by atoms with E-state index in [2.05, 4.69) is 11.4 Å². The highest BCUT2D eigenvalue weighted by Gasteiger charge is 2.21. The molecule has 1 N–H and O–H groups in total. The second-order valence-corrected chi connectivity index (χ2v) is 3.58. The average Bonchev–Trinajstić information content (AvgIpc) is 2.89. The van der Waals surface area contributed by atoms with Gasteiger partial charge in [-0.25, -0.2) is 0 Å². The monoisotopic (exact) mass is 172 g/mol. The number of benzene rings is 1. The molecule has 1 aliphatic carbocycles. The summed E-state index contributed by atoms with van der Waals surface area (Å²) in [5.74, 6) is 0. The summed E-state index contributed by atoms with van der Waals surface area (Å²) in [6, 6.07) is 8.68. The van der Waals surface area contributed by atoms with E-state index in [0.29, 0.717) is 6.04 Å². The van der Waals surface area contributed by atoms with Crippen molar-refractivity contribution in [1.29, 1.82) is 5.26 Å². The van der Waals surface area contributed by atoms with Gasteiger partial charge in [0.05, 0.1) is 11.3 Å². The molecule has 0 heterocycles. The fourth-order valence-corrected chi connectivity index (χ4v) is 1.32. The molecule has 1 saturated carbocycles. The average molecular weight is 172 g/mol. The number of nitriles is 1. The summed E-state index contributed by atoms with van der Waals surface area (Å²) in [6.45, 7) is 2.04. The molecule has 0 atom stereocenters. The van der Waals surface area contributed by atoms with Crippen LogP contribution in [0.4, 0.5) is 5.69 Å². The standard InChI is InChI=1S/C11H12N2/c1-8-2-3-9(7-12)11(6-8)13-10-4-5-10/h2-3,6,10,13H,4-5H2,1H3. The molecule has 0 bridgehead atoms. The summed E-state index contributed by atoms with van der Waals surface area (Å²) in [6.07, 6.45) is 2.47. The van der Waals surface area contributed by atoms with Crippen LogP contribution in [0.25, 0.3) is 0 Å². The van der Waals surface area contributed by atoms with E-state index in [1.807, 2.05) is 25.1 Å². The van der Waals surface area contributed by atoms with Crippen LogP contribution in [-0.4, -0.2) is 6.04 Å². The van der Waals surface area contributed by atoms with Gasteiger partial charge in [-0.05, 0) is 37.5 Å². The molecule has 2 heteroatoms. The Morgan fingerprint density at radius 1 is 1.46 bits per heavy atom. The van der Waals surface area contributed by atoms with Crippen LogP contribution in [0.1, 0.15) is 24.0 Å². The highest BCUT2D eigenvalue weighted by molar-refractivity contribution is 5.59. The Bertz CT molecular complexity index is 359. The van der Waals surface area contributed by atoms with Crippen LogP contribution in [0.5, 0.6) is 0 Å². The fourth-order valence-electron chi connectivity index (χ4n) is 1.32. The minimum Gasteiger partial charge on any atom is -0.381 e. The fraction of sp³-hybridized carbons (Fsp3) is 0.364. The molecule has 0 spiro atoms. The molecule has 1 fully saturated rings. The van der Waals surface area contributed by atoms with Crippen molar-refractivity contribution >= 4 is 5.69 Å². The van der Waals surface area contributed by atoms with Crippen molar-refractivity contribution in [2.75, 3.05) is 5.32 Å². The molecule has 0 radical (unpaired) electrons. The minimum atomic E-state index is 0.605. The van der Waals surface area contributed by atoms with Gasteiger partial charge in [-0.2, -0.15) is 5.26 Å². The van der Waals surface area contributed by atoms with E-state index < -0.39 is 0 Å². The van der Waals surface area contributed by atoms with E-state index in [-0.39, 0.29) is 0 Å². The van der Waals surface area contributed by atoms with Crippen molar-refractivity contribution in [2.24, 2.45) is 0 Å². The van der Waals surface area contributed by atoms with E-state index in [1.54, 1.807) is 0 Å². The molecule has 1 aromatic rings. The second-order valence-electron chi connectivity index (χ2n) is 3.58. The first-order chi connectivity index (χ1) is 6.29. The number of rotatable bonds is 2. The lowest BCUT2D eigenvalue weighted by Gasteiger charge is -2.06. The third-order valence-corrected chi connectivity index (χ3v) is 2.23. The first kappa shape index (κ1) is 8.12. The predicted molar refractivity (Wildman–Crippen MR) is 52.5 cm³/mol. The molecule has 13 heavy (non-hydrogen) atoms. The lowest BCUT2D eigenvalue weighted by atomic mass is 10.1. The van der Waals surface area contributed by atoms with Gasteiger partial charge >= 0.3 is 0 Å². The molecular weight excluding hydrogens is 160 g/mol. The maximum atomic E-state index is 8.85. The second kappa shape index (κ2) is 3.10. The number of hydrogen-bond acceptors (Lipinski definition) is 2. The van der Waals surface area contributed by atoms with Crippen LogP contribution >= 0.6 is 0 Å². The van der Waals surface area contributed by atoms with Crippen molar-refractivity contribution < 1.29 is 0 Å². The van der Waals surface area contributed by atoms with E-state index in [0.717, 1.165) is 11.3 Å². The molecule has 0 amide bonds. The molecular formula is C11H12N2. The third-order valence-electron chi connectivity index (χ3n) is 2.23.